The first kappa shape index (κ1) is 8.63. The number of carbonyl (C=O) groups is 3. The van der Waals surface area contributed by atoms with Crippen molar-refractivity contribution in [1.82, 2.24) is 9.80 Å². The monoisotopic (exact) mass is 174 g/mol. The Hall–Kier alpha value is -1.46. The molecular weight excluding hydrogens is 167 g/mol. The SMILES string of the molecule is CN1C(=O)C(F)C(=O)N(C)C1=O. The first-order chi connectivity index (χ1) is 5.46. The molecule has 0 aromatic carbocycles. The number of nitrogens with zero attached hydrogens (tertiary/aromatic N) is 2. The first-order valence-electron chi connectivity index (χ1n) is 3.20. The van der Waals surface area contributed by atoms with Gasteiger partial charge in [0.2, 0.25) is 0 Å². The Morgan fingerprint density at radius 1 is 1.08 bits per heavy atom. The molecule has 12 heavy (non-hydrogen) atoms. The fourth-order valence-electron chi connectivity index (χ4n) is 0.859. The fraction of sp³-hybridized carbons (Fsp3) is 0.500. The van der Waals surface area contributed by atoms with Crippen molar-refractivity contribution >= 4 is 17.8 Å². The van der Waals surface area contributed by atoms with Gasteiger partial charge in [-0.25, -0.2) is 9.18 Å². The van der Waals surface area contributed by atoms with E-state index in [4.69, 9.17) is 0 Å². The molecule has 0 radical (unpaired) electrons. The summed E-state index contributed by atoms with van der Waals surface area (Å²) in [6.07, 6.45) is -2.24. The molecule has 6 heteroatoms. The van der Waals surface area contributed by atoms with Crippen molar-refractivity contribution in [3.8, 4) is 0 Å². The third-order valence-corrected chi connectivity index (χ3v) is 1.67. The molecule has 0 bridgehead atoms. The van der Waals surface area contributed by atoms with Gasteiger partial charge in [-0.1, -0.05) is 0 Å². The van der Waals surface area contributed by atoms with E-state index in [0.717, 1.165) is 14.1 Å². The summed E-state index contributed by atoms with van der Waals surface area (Å²) in [6, 6.07) is -0.807. The van der Waals surface area contributed by atoms with Crippen LogP contribution in [-0.4, -0.2) is 47.9 Å². The molecule has 0 spiro atoms. The Bertz CT molecular complexity index is 205. The van der Waals surface area contributed by atoms with Gasteiger partial charge in [-0.3, -0.25) is 19.4 Å². The van der Waals surface area contributed by atoms with Gasteiger partial charge in [0, 0.05) is 14.1 Å². The Morgan fingerprint density at radius 3 is 1.75 bits per heavy atom. The molecule has 0 unspecified atom stereocenters. The number of carbonyl (C=O) groups excluding carboxylic acids is 3. The van der Waals surface area contributed by atoms with Crippen molar-refractivity contribution in [2.24, 2.45) is 0 Å². The quantitative estimate of drug-likeness (QED) is 0.459. The third kappa shape index (κ3) is 0.956. The lowest BCUT2D eigenvalue weighted by molar-refractivity contribution is -0.148. The summed E-state index contributed by atoms with van der Waals surface area (Å²) in [5.41, 5.74) is 0. The number of halogens is 1. The van der Waals surface area contributed by atoms with Crippen molar-refractivity contribution in [1.29, 1.82) is 0 Å². The molecule has 1 heterocycles. The molecule has 0 N–H and O–H groups in total. The lowest BCUT2D eigenvalue weighted by Gasteiger charge is -2.28. The second kappa shape index (κ2) is 2.54. The number of hydrogen-bond donors (Lipinski definition) is 0. The van der Waals surface area contributed by atoms with Crippen LogP contribution in [0.2, 0.25) is 0 Å². The molecule has 1 saturated heterocycles. The number of amides is 4. The van der Waals surface area contributed by atoms with Gasteiger partial charge in [-0.15, -0.1) is 0 Å². The zero-order valence-electron chi connectivity index (χ0n) is 6.57. The lowest BCUT2D eigenvalue weighted by Crippen LogP contribution is -2.58. The smallest absolute Gasteiger partial charge is 0.270 e. The van der Waals surface area contributed by atoms with Gasteiger partial charge in [-0.05, 0) is 0 Å². The maximum absolute atomic E-state index is 12.7. The highest BCUT2D eigenvalue weighted by Gasteiger charge is 2.42. The average Bonchev–Trinajstić information content (AvgIpc) is 2.08. The van der Waals surface area contributed by atoms with E-state index in [1.165, 1.54) is 0 Å². The van der Waals surface area contributed by atoms with E-state index >= 15 is 0 Å². The molecule has 0 aromatic heterocycles. The summed E-state index contributed by atoms with van der Waals surface area (Å²) in [6.45, 7) is 0. The van der Waals surface area contributed by atoms with Crippen molar-refractivity contribution < 1.29 is 18.8 Å². The van der Waals surface area contributed by atoms with Crippen LogP contribution >= 0.6 is 0 Å². The number of barbiturate groups is 1. The van der Waals surface area contributed by atoms with Gasteiger partial charge in [0.1, 0.15) is 0 Å². The highest BCUT2D eigenvalue weighted by atomic mass is 19.1. The van der Waals surface area contributed by atoms with Crippen LogP contribution in [-0.2, 0) is 9.59 Å². The molecule has 0 saturated carbocycles. The minimum absolute atomic E-state index is 0.575. The molecule has 0 aromatic rings. The van der Waals surface area contributed by atoms with Gasteiger partial charge < -0.3 is 0 Å². The Balaban J connectivity index is 2.99. The molecule has 5 nitrogen and oxygen atoms in total. The Morgan fingerprint density at radius 2 is 1.42 bits per heavy atom. The molecule has 1 aliphatic rings. The summed E-state index contributed by atoms with van der Waals surface area (Å²) < 4.78 is 12.7. The van der Waals surface area contributed by atoms with Crippen molar-refractivity contribution in [2.75, 3.05) is 14.1 Å². The minimum atomic E-state index is -2.24. The van der Waals surface area contributed by atoms with Crippen molar-refractivity contribution in [3.63, 3.8) is 0 Å². The lowest BCUT2D eigenvalue weighted by atomic mass is 10.2. The van der Waals surface area contributed by atoms with Crippen LogP contribution in [0.5, 0.6) is 0 Å². The predicted molar refractivity (Wildman–Crippen MR) is 35.8 cm³/mol. The summed E-state index contributed by atoms with van der Waals surface area (Å²) in [5, 5.41) is 0. The topological polar surface area (TPSA) is 57.7 Å². The van der Waals surface area contributed by atoms with Gasteiger partial charge in [0.05, 0.1) is 0 Å². The van der Waals surface area contributed by atoms with E-state index in [0.29, 0.717) is 9.80 Å². The van der Waals surface area contributed by atoms with Crippen LogP contribution in [0, 0.1) is 0 Å². The average molecular weight is 174 g/mol. The van der Waals surface area contributed by atoms with Crippen LogP contribution in [0.3, 0.4) is 0 Å². The third-order valence-electron chi connectivity index (χ3n) is 1.67. The predicted octanol–water partition coefficient (Wildman–Crippen LogP) is -0.625. The second-order valence-corrected chi connectivity index (χ2v) is 2.44. The zero-order chi connectivity index (χ0) is 9.46. The minimum Gasteiger partial charge on any atom is -0.270 e. The zero-order valence-corrected chi connectivity index (χ0v) is 6.57. The fourth-order valence-corrected chi connectivity index (χ4v) is 0.859. The van der Waals surface area contributed by atoms with Gasteiger partial charge in [-0.2, -0.15) is 0 Å². The normalized spacial score (nSPS) is 20.8. The summed E-state index contributed by atoms with van der Waals surface area (Å²) in [4.78, 5) is 33.6. The molecule has 4 amide bonds. The Labute approximate surface area is 67.7 Å². The number of rotatable bonds is 0. The van der Waals surface area contributed by atoms with E-state index < -0.39 is 24.0 Å². The van der Waals surface area contributed by atoms with Crippen molar-refractivity contribution in [3.05, 3.63) is 0 Å². The van der Waals surface area contributed by atoms with Crippen LogP contribution < -0.4 is 0 Å². The molecule has 0 aliphatic carbocycles. The van der Waals surface area contributed by atoms with E-state index in [1.807, 2.05) is 0 Å². The van der Waals surface area contributed by atoms with Gasteiger partial charge >= 0.3 is 6.03 Å². The van der Waals surface area contributed by atoms with E-state index in [-0.39, 0.29) is 0 Å². The van der Waals surface area contributed by atoms with E-state index in [1.54, 1.807) is 0 Å². The molecule has 1 fully saturated rings. The molecule has 0 atom stereocenters. The maximum atomic E-state index is 12.7. The highest BCUT2D eigenvalue weighted by Crippen LogP contribution is 2.11. The van der Waals surface area contributed by atoms with Crippen LogP contribution in [0.15, 0.2) is 0 Å². The summed E-state index contributed by atoms with van der Waals surface area (Å²) in [7, 11) is 2.25. The molecule has 1 aliphatic heterocycles. The van der Waals surface area contributed by atoms with E-state index in [2.05, 4.69) is 0 Å². The van der Waals surface area contributed by atoms with Crippen LogP contribution in [0.25, 0.3) is 0 Å². The molecule has 1 rings (SSSR count). The summed E-state index contributed by atoms with van der Waals surface area (Å²) >= 11 is 0. The van der Waals surface area contributed by atoms with Gasteiger partial charge in [0.25, 0.3) is 18.0 Å². The van der Waals surface area contributed by atoms with Crippen LogP contribution in [0.1, 0.15) is 0 Å². The standard InChI is InChI=1S/C6H7FN2O3/c1-8-4(10)3(7)5(11)9(2)6(8)12/h3H,1-2H3. The largest absolute Gasteiger partial charge is 0.333 e. The highest BCUT2D eigenvalue weighted by molar-refractivity contribution is 6.17. The summed E-state index contributed by atoms with van der Waals surface area (Å²) in [5.74, 6) is -2.22. The number of alkyl halides is 1. The molecular formula is C6H7FN2O3. The number of imide groups is 2. The van der Waals surface area contributed by atoms with Gasteiger partial charge in [0.15, 0.2) is 0 Å². The maximum Gasteiger partial charge on any atom is 0.333 e. The van der Waals surface area contributed by atoms with Crippen LogP contribution in [0.4, 0.5) is 9.18 Å². The number of urea groups is 1. The number of hydrogen-bond acceptors (Lipinski definition) is 3. The second-order valence-electron chi connectivity index (χ2n) is 2.44. The van der Waals surface area contributed by atoms with E-state index in [9.17, 15) is 18.8 Å². The van der Waals surface area contributed by atoms with Crippen molar-refractivity contribution in [2.45, 2.75) is 6.17 Å². The molecule has 66 valence electrons. The first-order valence-corrected chi connectivity index (χ1v) is 3.20. The Kier molecular flexibility index (Phi) is 1.83.